The quantitative estimate of drug-likeness (QED) is 0.774. The van der Waals surface area contributed by atoms with Gasteiger partial charge in [0.2, 0.25) is 10.0 Å². The van der Waals surface area contributed by atoms with Gasteiger partial charge in [0.05, 0.1) is 12.5 Å². The Kier molecular flexibility index (Phi) is 5.54. The molecular formula is C11H13F2NO5S. The third kappa shape index (κ3) is 4.51. The first-order valence-electron chi connectivity index (χ1n) is 5.45. The lowest BCUT2D eigenvalue weighted by atomic mass is 10.2. The molecule has 0 amide bonds. The molecule has 0 aliphatic carbocycles. The molecule has 0 aliphatic rings. The highest BCUT2D eigenvalue weighted by Crippen LogP contribution is 2.15. The molecule has 0 spiro atoms. The van der Waals surface area contributed by atoms with E-state index in [2.05, 4.69) is 0 Å². The first kappa shape index (κ1) is 16.5. The van der Waals surface area contributed by atoms with E-state index in [1.165, 1.54) is 7.11 Å². The van der Waals surface area contributed by atoms with Crippen molar-refractivity contribution >= 4 is 16.0 Å². The largest absolute Gasteiger partial charge is 0.481 e. The van der Waals surface area contributed by atoms with Crippen molar-refractivity contribution in [1.29, 1.82) is 0 Å². The maximum Gasteiger partial charge on any atom is 0.306 e. The van der Waals surface area contributed by atoms with Gasteiger partial charge in [-0.25, -0.2) is 21.9 Å². The van der Waals surface area contributed by atoms with Crippen LogP contribution in [0, 0.1) is 11.6 Å². The van der Waals surface area contributed by atoms with Crippen LogP contribution in [-0.4, -0.2) is 39.3 Å². The van der Waals surface area contributed by atoms with Gasteiger partial charge in [-0.05, 0) is 12.1 Å². The Hall–Kier alpha value is -1.58. The Morgan fingerprint density at radius 3 is 2.60 bits per heavy atom. The summed E-state index contributed by atoms with van der Waals surface area (Å²) in [5.41, 5.74) is 0. The zero-order valence-corrected chi connectivity index (χ0v) is 11.3. The van der Waals surface area contributed by atoms with Gasteiger partial charge in [0, 0.05) is 19.7 Å². The summed E-state index contributed by atoms with van der Waals surface area (Å²) in [7, 11) is -2.99. The molecule has 0 fully saturated rings. The second-order valence-corrected chi connectivity index (χ2v) is 5.62. The first-order chi connectivity index (χ1) is 9.26. The van der Waals surface area contributed by atoms with E-state index in [0.717, 1.165) is 12.1 Å². The van der Waals surface area contributed by atoms with Crippen LogP contribution in [0.2, 0.25) is 0 Å². The minimum absolute atomic E-state index is 0.345. The first-order valence-corrected chi connectivity index (χ1v) is 6.94. The third-order valence-corrected chi connectivity index (χ3v) is 3.88. The zero-order valence-electron chi connectivity index (χ0n) is 10.5. The lowest BCUT2D eigenvalue weighted by Crippen LogP contribution is -2.34. The van der Waals surface area contributed by atoms with Crippen molar-refractivity contribution in [1.82, 2.24) is 4.72 Å². The summed E-state index contributed by atoms with van der Waals surface area (Å²) in [6.07, 6.45) is -1.31. The number of carbonyl (C=O) groups is 1. The Balaban J connectivity index is 2.82. The minimum atomic E-state index is -4.21. The average Bonchev–Trinajstić information content (AvgIpc) is 2.33. The molecule has 20 heavy (non-hydrogen) atoms. The van der Waals surface area contributed by atoms with Crippen molar-refractivity contribution in [2.45, 2.75) is 17.4 Å². The second-order valence-electron chi connectivity index (χ2n) is 3.88. The van der Waals surface area contributed by atoms with E-state index in [-0.39, 0.29) is 6.54 Å². The highest BCUT2D eigenvalue weighted by atomic mass is 32.2. The molecule has 0 aromatic heterocycles. The molecule has 6 nitrogen and oxygen atoms in total. The highest BCUT2D eigenvalue weighted by molar-refractivity contribution is 7.89. The average molecular weight is 309 g/mol. The Bertz CT molecular complexity index is 590. The third-order valence-electron chi connectivity index (χ3n) is 2.42. The number of hydrogen-bond donors (Lipinski definition) is 2. The molecule has 1 atom stereocenters. The topological polar surface area (TPSA) is 92.7 Å². The lowest BCUT2D eigenvalue weighted by molar-refractivity contribution is -0.139. The van der Waals surface area contributed by atoms with Crippen LogP contribution in [0.4, 0.5) is 8.78 Å². The van der Waals surface area contributed by atoms with Crippen LogP contribution < -0.4 is 4.72 Å². The summed E-state index contributed by atoms with van der Waals surface area (Å²) >= 11 is 0. The van der Waals surface area contributed by atoms with Crippen LogP contribution in [0.5, 0.6) is 0 Å². The van der Waals surface area contributed by atoms with Gasteiger partial charge in [-0.1, -0.05) is 0 Å². The minimum Gasteiger partial charge on any atom is -0.481 e. The predicted molar refractivity (Wildman–Crippen MR) is 64.6 cm³/mol. The van der Waals surface area contributed by atoms with Gasteiger partial charge >= 0.3 is 5.97 Å². The molecule has 0 saturated carbocycles. The van der Waals surface area contributed by atoms with Gasteiger partial charge in [0.25, 0.3) is 0 Å². The van der Waals surface area contributed by atoms with Crippen LogP contribution in [0.15, 0.2) is 23.1 Å². The number of carboxylic acid groups (broad SMARTS) is 1. The standard InChI is InChI=1S/C11H13F2NO5S/c1-19-8(5-11(15)16)6-14-20(17,18)10-3-2-7(12)4-9(10)13/h2-4,8,14H,5-6H2,1H3,(H,15,16). The summed E-state index contributed by atoms with van der Waals surface area (Å²) in [4.78, 5) is 9.78. The van der Waals surface area contributed by atoms with Gasteiger partial charge in [-0.2, -0.15) is 0 Å². The number of aliphatic carboxylic acids is 1. The maximum atomic E-state index is 13.4. The van der Waals surface area contributed by atoms with Crippen molar-refractivity contribution in [3.05, 3.63) is 29.8 Å². The fraction of sp³-hybridized carbons (Fsp3) is 0.364. The molecule has 0 radical (unpaired) electrons. The van der Waals surface area contributed by atoms with E-state index >= 15 is 0 Å². The number of sulfonamides is 1. The van der Waals surface area contributed by atoms with Gasteiger partial charge in [-0.3, -0.25) is 4.79 Å². The van der Waals surface area contributed by atoms with Crippen LogP contribution in [0.25, 0.3) is 0 Å². The molecule has 112 valence electrons. The van der Waals surface area contributed by atoms with Gasteiger partial charge < -0.3 is 9.84 Å². The number of carboxylic acids is 1. The molecule has 0 saturated heterocycles. The Morgan fingerprint density at radius 2 is 2.10 bits per heavy atom. The van der Waals surface area contributed by atoms with Crippen LogP contribution in [0.3, 0.4) is 0 Å². The number of benzene rings is 1. The number of ether oxygens (including phenoxy) is 1. The maximum absolute atomic E-state index is 13.4. The molecule has 1 aromatic carbocycles. The van der Waals surface area contributed by atoms with Gasteiger partial charge in [0.15, 0.2) is 0 Å². The van der Waals surface area contributed by atoms with E-state index in [0.29, 0.717) is 6.07 Å². The number of hydrogen-bond acceptors (Lipinski definition) is 4. The number of rotatable bonds is 7. The van der Waals surface area contributed by atoms with Gasteiger partial charge in [0.1, 0.15) is 16.5 Å². The van der Waals surface area contributed by atoms with Crippen LogP contribution >= 0.6 is 0 Å². The molecule has 2 N–H and O–H groups in total. The smallest absolute Gasteiger partial charge is 0.306 e. The summed E-state index contributed by atoms with van der Waals surface area (Å²) in [5, 5.41) is 8.58. The zero-order chi connectivity index (χ0) is 15.3. The fourth-order valence-electron chi connectivity index (χ4n) is 1.41. The summed E-state index contributed by atoms with van der Waals surface area (Å²) in [6, 6.07) is 2.04. The molecular weight excluding hydrogens is 296 g/mol. The van der Waals surface area contributed by atoms with E-state index in [9.17, 15) is 22.0 Å². The van der Waals surface area contributed by atoms with E-state index in [1.54, 1.807) is 0 Å². The van der Waals surface area contributed by atoms with E-state index in [4.69, 9.17) is 9.84 Å². The Morgan fingerprint density at radius 1 is 1.45 bits per heavy atom. The number of methoxy groups -OCH3 is 1. The van der Waals surface area contributed by atoms with Crippen molar-refractivity contribution in [2.75, 3.05) is 13.7 Å². The molecule has 1 unspecified atom stereocenters. The lowest BCUT2D eigenvalue weighted by Gasteiger charge is -2.14. The molecule has 1 aromatic rings. The van der Waals surface area contributed by atoms with Crippen molar-refractivity contribution in [3.63, 3.8) is 0 Å². The molecule has 0 bridgehead atoms. The number of halogens is 2. The molecule has 1 rings (SSSR count). The summed E-state index contributed by atoms with van der Waals surface area (Å²) < 4.78 is 56.5. The molecule has 0 aliphatic heterocycles. The van der Waals surface area contributed by atoms with E-state index in [1.807, 2.05) is 4.72 Å². The van der Waals surface area contributed by atoms with Crippen LogP contribution in [-0.2, 0) is 19.6 Å². The summed E-state index contributed by atoms with van der Waals surface area (Å²) in [6.45, 7) is -0.345. The van der Waals surface area contributed by atoms with Crippen molar-refractivity contribution in [3.8, 4) is 0 Å². The fourth-order valence-corrected chi connectivity index (χ4v) is 2.53. The van der Waals surface area contributed by atoms with Crippen LogP contribution in [0.1, 0.15) is 6.42 Å². The molecule has 0 heterocycles. The molecule has 9 heteroatoms. The number of nitrogens with one attached hydrogen (secondary N) is 1. The monoisotopic (exact) mass is 309 g/mol. The predicted octanol–water partition coefficient (Wildman–Crippen LogP) is 0.733. The Labute approximate surface area is 114 Å². The normalized spacial score (nSPS) is 13.2. The van der Waals surface area contributed by atoms with E-state index < -0.39 is 45.0 Å². The summed E-state index contributed by atoms with van der Waals surface area (Å²) in [5.74, 6) is -3.30. The SMILES string of the molecule is COC(CNS(=O)(=O)c1ccc(F)cc1F)CC(=O)O. The highest BCUT2D eigenvalue weighted by Gasteiger charge is 2.22. The van der Waals surface area contributed by atoms with Crippen molar-refractivity contribution in [2.24, 2.45) is 0 Å². The van der Waals surface area contributed by atoms with Crippen molar-refractivity contribution < 1.29 is 31.8 Å². The van der Waals surface area contributed by atoms with Gasteiger partial charge in [-0.15, -0.1) is 0 Å². The second kappa shape index (κ2) is 6.73.